The van der Waals surface area contributed by atoms with Crippen molar-refractivity contribution in [2.75, 3.05) is 0 Å². The van der Waals surface area contributed by atoms with Gasteiger partial charge >= 0.3 is 0 Å². The van der Waals surface area contributed by atoms with Crippen LogP contribution in [-0.4, -0.2) is 0 Å². The fraction of sp³-hybridized carbons (Fsp3) is 0.556. The molecule has 1 nitrogen and oxygen atoms in total. The third kappa shape index (κ3) is 5.24. The van der Waals surface area contributed by atoms with Crippen molar-refractivity contribution in [1.29, 1.82) is 0 Å². The zero-order valence-corrected chi connectivity index (χ0v) is 6.61. The molecule has 0 aliphatic carbocycles. The lowest BCUT2D eigenvalue weighted by Gasteiger charge is -1.96. The summed E-state index contributed by atoms with van der Waals surface area (Å²) in [7, 11) is 0. The molecule has 0 unspecified atom stereocenters. The Morgan fingerprint density at radius 1 is 1.60 bits per heavy atom. The molecule has 10 heavy (non-hydrogen) atoms. The molecule has 0 aliphatic rings. The molecule has 0 aromatic rings. The standard InChI is InChI=1S/C9H15N/c1-3-4-6-9(2)7-5-8-10/h2-4,6-7,10H2,1H3. The highest BCUT2D eigenvalue weighted by Gasteiger charge is 1.89. The van der Waals surface area contributed by atoms with E-state index in [1.807, 2.05) is 0 Å². The van der Waals surface area contributed by atoms with Crippen LogP contribution in [0.25, 0.3) is 0 Å². The summed E-state index contributed by atoms with van der Waals surface area (Å²) >= 11 is 0. The minimum absolute atomic E-state index is 0.760. The van der Waals surface area contributed by atoms with E-state index in [2.05, 4.69) is 25.5 Å². The first-order valence-electron chi connectivity index (χ1n) is 3.66. The average Bonchev–Trinajstić information content (AvgIpc) is 1.97. The van der Waals surface area contributed by atoms with Crippen LogP contribution in [0.4, 0.5) is 0 Å². The first-order valence-corrected chi connectivity index (χ1v) is 3.66. The van der Waals surface area contributed by atoms with E-state index in [0.717, 1.165) is 12.8 Å². The van der Waals surface area contributed by atoms with E-state index < -0.39 is 0 Å². The van der Waals surface area contributed by atoms with Crippen LogP contribution in [-0.2, 0) is 0 Å². The predicted molar refractivity (Wildman–Crippen MR) is 45.2 cm³/mol. The van der Waals surface area contributed by atoms with E-state index >= 15 is 0 Å². The molecule has 0 heterocycles. The first kappa shape index (κ1) is 9.10. The minimum atomic E-state index is 0.760. The molecule has 2 N–H and O–H groups in total. The molecule has 0 aromatic carbocycles. The maximum atomic E-state index is 5.00. The van der Waals surface area contributed by atoms with Crippen LogP contribution in [0.15, 0.2) is 12.2 Å². The molecule has 1 heteroatoms. The van der Waals surface area contributed by atoms with Crippen molar-refractivity contribution < 1.29 is 0 Å². The lowest BCUT2D eigenvalue weighted by molar-refractivity contribution is 0.780. The van der Waals surface area contributed by atoms with Gasteiger partial charge < -0.3 is 5.73 Å². The van der Waals surface area contributed by atoms with E-state index in [4.69, 9.17) is 5.73 Å². The highest BCUT2D eigenvalue weighted by molar-refractivity contribution is 5.08. The summed E-state index contributed by atoms with van der Waals surface area (Å²) in [5.74, 6) is 2.79. The van der Waals surface area contributed by atoms with Crippen molar-refractivity contribution in [1.82, 2.24) is 0 Å². The third-order valence-electron chi connectivity index (χ3n) is 1.32. The maximum absolute atomic E-state index is 5.00. The number of rotatable bonds is 4. The van der Waals surface area contributed by atoms with Crippen LogP contribution in [0.2, 0.25) is 0 Å². The molecule has 0 rings (SSSR count). The highest BCUT2D eigenvalue weighted by Crippen LogP contribution is 2.07. The smallest absolute Gasteiger partial charge is 0.0314 e. The molecule has 0 aromatic heterocycles. The Kier molecular flexibility index (Phi) is 5.66. The Labute approximate surface area is 63.3 Å². The molecule has 0 spiro atoms. The molecule has 0 saturated carbocycles. The second-order valence-corrected chi connectivity index (χ2v) is 2.35. The summed E-state index contributed by atoms with van der Waals surface area (Å²) in [4.78, 5) is 0. The molecule has 56 valence electrons. The lowest BCUT2D eigenvalue weighted by Crippen LogP contribution is -1.82. The van der Waals surface area contributed by atoms with Crippen molar-refractivity contribution in [3.63, 3.8) is 0 Å². The summed E-state index contributed by atoms with van der Waals surface area (Å²) in [6.07, 6.45) is 4.28. The number of hydrogen-bond donors (Lipinski definition) is 1. The summed E-state index contributed by atoms with van der Waals surface area (Å²) in [6.45, 7) is 6.04. The van der Waals surface area contributed by atoms with Crippen molar-refractivity contribution in [3.8, 4) is 12.0 Å². The minimum Gasteiger partial charge on any atom is -0.359 e. The molecule has 0 fully saturated rings. The van der Waals surface area contributed by atoms with E-state index in [-0.39, 0.29) is 0 Å². The number of unbranched alkanes of at least 4 members (excludes halogenated alkanes) is 1. The Morgan fingerprint density at radius 3 is 2.80 bits per heavy atom. The third-order valence-corrected chi connectivity index (χ3v) is 1.32. The van der Waals surface area contributed by atoms with E-state index in [0.29, 0.717) is 0 Å². The van der Waals surface area contributed by atoms with Crippen LogP contribution in [0.3, 0.4) is 0 Å². The van der Waals surface area contributed by atoms with Gasteiger partial charge in [0.05, 0.1) is 0 Å². The van der Waals surface area contributed by atoms with E-state index in [1.54, 1.807) is 0 Å². The number of allylic oxidation sites excluding steroid dienone is 1. The Balaban J connectivity index is 3.31. The van der Waals surface area contributed by atoms with Crippen molar-refractivity contribution in [2.45, 2.75) is 32.6 Å². The largest absolute Gasteiger partial charge is 0.359 e. The normalized spacial score (nSPS) is 8.10. The fourth-order valence-electron chi connectivity index (χ4n) is 0.691. The summed E-state index contributed by atoms with van der Waals surface area (Å²) in [6, 6.07) is 2.36. The van der Waals surface area contributed by atoms with Gasteiger partial charge in [-0.1, -0.05) is 31.4 Å². The summed E-state index contributed by atoms with van der Waals surface area (Å²) in [5, 5.41) is 0. The van der Waals surface area contributed by atoms with Crippen molar-refractivity contribution >= 4 is 0 Å². The van der Waals surface area contributed by atoms with Crippen molar-refractivity contribution in [2.24, 2.45) is 5.73 Å². The second kappa shape index (κ2) is 6.22. The van der Waals surface area contributed by atoms with Gasteiger partial charge in [0.1, 0.15) is 0 Å². The highest BCUT2D eigenvalue weighted by atomic mass is 14.4. The van der Waals surface area contributed by atoms with Gasteiger partial charge in [0.15, 0.2) is 0 Å². The topological polar surface area (TPSA) is 26.0 Å². The molecule has 0 bridgehead atoms. The van der Waals surface area contributed by atoms with E-state index in [9.17, 15) is 0 Å². The molecule has 0 atom stereocenters. The van der Waals surface area contributed by atoms with Gasteiger partial charge in [0.2, 0.25) is 0 Å². The molecule has 0 radical (unpaired) electrons. The zero-order chi connectivity index (χ0) is 7.82. The van der Waals surface area contributed by atoms with Gasteiger partial charge in [-0.15, -0.1) is 0 Å². The molecule has 0 saturated heterocycles. The number of hydrogen-bond acceptors (Lipinski definition) is 1. The van der Waals surface area contributed by atoms with Crippen molar-refractivity contribution in [3.05, 3.63) is 12.2 Å². The fourth-order valence-corrected chi connectivity index (χ4v) is 0.691. The SMILES string of the molecule is C=C(CC#CN)CCCC. The maximum Gasteiger partial charge on any atom is 0.0314 e. The van der Waals surface area contributed by atoms with Gasteiger partial charge in [-0.3, -0.25) is 0 Å². The molecular weight excluding hydrogens is 122 g/mol. The van der Waals surface area contributed by atoms with Crippen LogP contribution < -0.4 is 5.73 Å². The zero-order valence-electron chi connectivity index (χ0n) is 6.61. The van der Waals surface area contributed by atoms with Crippen LogP contribution in [0.1, 0.15) is 32.6 Å². The molecule has 0 amide bonds. The quantitative estimate of drug-likeness (QED) is 0.358. The Bertz CT molecular complexity index is 148. The van der Waals surface area contributed by atoms with Gasteiger partial charge in [0.25, 0.3) is 0 Å². The monoisotopic (exact) mass is 137 g/mol. The summed E-state index contributed by atoms with van der Waals surface area (Å²) in [5.41, 5.74) is 6.20. The Hall–Kier alpha value is -0.900. The number of nitrogens with two attached hydrogens (primary N) is 1. The first-order chi connectivity index (χ1) is 4.81. The second-order valence-electron chi connectivity index (χ2n) is 2.35. The summed E-state index contributed by atoms with van der Waals surface area (Å²) < 4.78 is 0. The lowest BCUT2D eigenvalue weighted by atomic mass is 10.1. The van der Waals surface area contributed by atoms with Crippen LogP contribution >= 0.6 is 0 Å². The van der Waals surface area contributed by atoms with Gasteiger partial charge in [-0.2, -0.15) is 0 Å². The van der Waals surface area contributed by atoms with Gasteiger partial charge in [-0.25, -0.2) is 0 Å². The predicted octanol–water partition coefficient (Wildman–Crippen LogP) is 2.04. The van der Waals surface area contributed by atoms with Crippen LogP contribution in [0.5, 0.6) is 0 Å². The van der Waals surface area contributed by atoms with E-state index in [1.165, 1.54) is 18.4 Å². The molecule has 0 aliphatic heterocycles. The Morgan fingerprint density at radius 2 is 2.30 bits per heavy atom. The van der Waals surface area contributed by atoms with Crippen LogP contribution in [0, 0.1) is 12.0 Å². The van der Waals surface area contributed by atoms with Gasteiger partial charge in [0, 0.05) is 12.5 Å². The van der Waals surface area contributed by atoms with Gasteiger partial charge in [-0.05, 0) is 12.8 Å². The molecular formula is C9H15N. The average molecular weight is 137 g/mol.